The molecular weight excluding hydrogens is 1190 g/mol. The van der Waals surface area contributed by atoms with Crippen molar-refractivity contribution in [2.24, 2.45) is 0 Å². The second kappa shape index (κ2) is 27.8. The van der Waals surface area contributed by atoms with E-state index in [-0.39, 0.29) is 50.3 Å². The van der Waals surface area contributed by atoms with Crippen LogP contribution in [0.5, 0.6) is 0 Å². The number of nitrogens with zero attached hydrogens (tertiary/aromatic N) is 4. The zero-order chi connectivity index (χ0) is 68.3. The first-order chi connectivity index (χ1) is 44.6. The number of nitrogens with one attached hydrogen (secondary N) is 6. The van der Waals surface area contributed by atoms with Gasteiger partial charge in [-0.1, -0.05) is 50.6 Å². The van der Waals surface area contributed by atoms with E-state index in [1.807, 2.05) is 116 Å². The maximum absolute atomic E-state index is 12.7. The van der Waals surface area contributed by atoms with E-state index in [0.29, 0.717) is 58.4 Å². The van der Waals surface area contributed by atoms with E-state index in [2.05, 4.69) is 69.0 Å². The number of carboxylic acids is 4. The Labute approximate surface area is 543 Å². The monoisotopic (exact) mass is 1270 g/mol. The van der Waals surface area contributed by atoms with Gasteiger partial charge in [-0.2, -0.15) is 0 Å². The molecule has 0 aliphatic carbocycles. The molecule has 2 amide bonds. The molecule has 0 fully saturated rings. The Kier molecular flexibility index (Phi) is 19.9. The number of H-pyrrole nitrogens is 4. The van der Waals surface area contributed by atoms with E-state index >= 15 is 0 Å². The molecule has 484 valence electrons. The molecule has 20 heteroatoms. The molecule has 6 aromatic heterocycles. The number of aliphatic carboxylic acids is 4. The van der Waals surface area contributed by atoms with Crippen LogP contribution in [0.1, 0.15) is 183 Å². The van der Waals surface area contributed by atoms with Gasteiger partial charge in [-0.3, -0.25) is 28.8 Å². The number of aromatic amines is 4. The van der Waals surface area contributed by atoms with Crippen molar-refractivity contribution in [1.82, 2.24) is 50.5 Å². The minimum atomic E-state index is -1.11. The number of aromatic nitrogens is 8. The smallest absolute Gasteiger partial charge is 0.325 e. The summed E-state index contributed by atoms with van der Waals surface area (Å²) in [6.45, 7) is 35.0. The fourth-order valence-electron chi connectivity index (χ4n) is 12.3. The maximum Gasteiger partial charge on any atom is 0.325 e. The second-order valence-corrected chi connectivity index (χ2v) is 23.9. The third kappa shape index (κ3) is 13.9. The van der Waals surface area contributed by atoms with Crippen molar-refractivity contribution in [3.05, 3.63) is 165 Å². The summed E-state index contributed by atoms with van der Waals surface area (Å²) in [5.74, 6) is -4.80. The van der Waals surface area contributed by atoms with Gasteiger partial charge in [-0.15, -0.1) is 0 Å². The topological polar surface area (TPSA) is 322 Å². The number of rotatable bonds is 20. The first kappa shape index (κ1) is 67.4. The highest BCUT2D eigenvalue weighted by Crippen LogP contribution is 2.41. The molecule has 4 aliphatic heterocycles. The number of carboxylic acid groups (broad SMARTS) is 4. The van der Waals surface area contributed by atoms with Crippen molar-refractivity contribution in [2.75, 3.05) is 0 Å². The number of carbonyl (C=O) groups excluding carboxylic acids is 2. The maximum atomic E-state index is 12.7. The molecule has 6 aromatic rings. The van der Waals surface area contributed by atoms with Gasteiger partial charge in [0.2, 0.25) is 11.8 Å². The lowest BCUT2D eigenvalue weighted by Gasteiger charge is -2.10. The van der Waals surface area contributed by atoms with Crippen LogP contribution in [-0.4, -0.2) is 108 Å². The van der Waals surface area contributed by atoms with E-state index < -0.39 is 36.0 Å². The Morgan fingerprint density at radius 3 is 0.851 bits per heavy atom. The first-order valence-corrected chi connectivity index (χ1v) is 31.0. The Balaban J connectivity index is 0.000000221. The number of hydrogen-bond acceptors (Lipinski definition) is 10. The molecule has 4 aliphatic rings. The average Bonchev–Trinajstić information content (AvgIpc) is 1.63. The molecule has 0 spiro atoms. The van der Waals surface area contributed by atoms with Crippen LogP contribution in [0.3, 0.4) is 0 Å². The highest BCUT2D eigenvalue weighted by atomic mass is 16.4. The second-order valence-electron chi connectivity index (χ2n) is 23.9. The summed E-state index contributed by atoms with van der Waals surface area (Å²) in [7, 11) is 0. The summed E-state index contributed by atoms with van der Waals surface area (Å²) in [6, 6.07) is 13.7. The van der Waals surface area contributed by atoms with Gasteiger partial charge in [0.05, 0.1) is 45.6 Å². The predicted octanol–water partition coefficient (Wildman–Crippen LogP) is 14.6. The van der Waals surface area contributed by atoms with Crippen molar-refractivity contribution in [1.29, 1.82) is 0 Å². The molecule has 10 rings (SSSR count). The van der Waals surface area contributed by atoms with Gasteiger partial charge in [0, 0.05) is 92.1 Å². The zero-order valence-electron chi connectivity index (χ0n) is 54.6. The van der Waals surface area contributed by atoms with Crippen LogP contribution in [0.15, 0.2) is 74.8 Å². The normalized spacial score (nSPS) is 13.5. The number of hydrogen-bond donors (Lipinski definition) is 10. The first-order valence-electron chi connectivity index (χ1n) is 31.0. The van der Waals surface area contributed by atoms with Gasteiger partial charge in [-0.25, -0.2) is 19.9 Å². The minimum absolute atomic E-state index is 0.0568. The number of allylic oxidation sites excluding steroid dienone is 8. The van der Waals surface area contributed by atoms with Crippen molar-refractivity contribution >= 4 is 149 Å². The third-order valence-electron chi connectivity index (χ3n) is 18.0. The van der Waals surface area contributed by atoms with Crippen molar-refractivity contribution in [3.8, 4) is 0 Å². The molecule has 94 heavy (non-hydrogen) atoms. The van der Waals surface area contributed by atoms with Gasteiger partial charge in [-0.05, 0) is 210 Å². The predicted molar refractivity (Wildman–Crippen MR) is 374 cm³/mol. The zero-order valence-corrected chi connectivity index (χ0v) is 54.6. The quantitative estimate of drug-likeness (QED) is 0.0340. The summed E-state index contributed by atoms with van der Waals surface area (Å²) >= 11 is 0. The SMILES string of the molecule is C=Cc1c(C)c2cc3[nH]c(cc4nc(cc5nc(cc1[nH]2)C(C)=C5CCC(=O)N[C@@H](C)C(=O)O)C(CCC(=O)O)=C4C)c(C)c3C=C.C=Cc1c(C)c2cc3[nH]c(cc4nc(cc5nc(cc1[nH]2)C(C)=C5CCC(=O)O)C(CCC(=O)N[C@@H](C)C(=O)O)=C4C)c(C)c3C=C. The molecule has 10 N–H and O–H groups in total. The van der Waals surface area contributed by atoms with Crippen LogP contribution in [-0.2, 0) is 28.8 Å². The van der Waals surface area contributed by atoms with Crippen LogP contribution in [0, 0.1) is 27.7 Å². The Bertz CT molecular complexity index is 4780. The highest BCUT2D eigenvalue weighted by molar-refractivity contribution is 6.00. The van der Waals surface area contributed by atoms with Gasteiger partial charge < -0.3 is 51.0 Å². The van der Waals surface area contributed by atoms with Crippen LogP contribution in [0.2, 0.25) is 0 Å². The fourth-order valence-corrected chi connectivity index (χ4v) is 12.3. The Hall–Kier alpha value is -11.0. The largest absolute Gasteiger partial charge is 0.481 e. The molecule has 20 nitrogen and oxygen atoms in total. The molecule has 0 saturated carbocycles. The Morgan fingerprint density at radius 2 is 0.606 bits per heavy atom. The lowest BCUT2D eigenvalue weighted by molar-refractivity contribution is -0.141. The van der Waals surface area contributed by atoms with Gasteiger partial charge in [0.25, 0.3) is 0 Å². The fraction of sp³-hybridized carbons (Fsp3) is 0.270. The van der Waals surface area contributed by atoms with Crippen molar-refractivity contribution in [2.45, 2.75) is 133 Å². The van der Waals surface area contributed by atoms with E-state index in [0.717, 1.165) is 133 Å². The summed E-state index contributed by atoms with van der Waals surface area (Å²) in [5.41, 5.74) is 26.8. The van der Waals surface area contributed by atoms with Gasteiger partial charge in [0.15, 0.2) is 0 Å². The third-order valence-corrected chi connectivity index (χ3v) is 18.0. The van der Waals surface area contributed by atoms with E-state index in [4.69, 9.17) is 19.9 Å². The van der Waals surface area contributed by atoms with Crippen LogP contribution >= 0.6 is 0 Å². The molecule has 2 atom stereocenters. The van der Waals surface area contributed by atoms with E-state index in [1.54, 1.807) is 0 Å². The van der Waals surface area contributed by atoms with Crippen molar-refractivity contribution in [3.63, 3.8) is 0 Å². The van der Waals surface area contributed by atoms with E-state index in [9.17, 15) is 49.2 Å². The summed E-state index contributed by atoms with van der Waals surface area (Å²) in [5, 5.41) is 42.5. The number of amides is 2. The standard InChI is InChI=1S/2C37H39N5O5/c1-8-23-18(3)27-14-28-21(6)26(11-13-36(44)45)34(41-28)17-33-25(10-12-35(43)38-22(7)37(46)47)20(5)30(42-33)16-32-24(9-2)19(4)29(40-32)15-31(23)39-27;1-8-23-18(3)27-14-28-20(5)25(10-12-35(43)38-22(7)37(46)47)33(41-28)17-34-26(11-13-36(44)45)21(6)30(42-34)16-32-24(9-2)19(4)29(40-32)15-31(23)39-27/h2*8-9,14-17,22,39-40H,1-2,10-13H2,3-7H3,(H,38,43)(H,44,45)(H,46,47)/t2*22-/m00/s1. The molecule has 0 saturated heterocycles. The van der Waals surface area contributed by atoms with Gasteiger partial charge >= 0.3 is 23.9 Å². The molecule has 0 unspecified atom stereocenters. The lowest BCUT2D eigenvalue weighted by atomic mass is 9.98. The van der Waals surface area contributed by atoms with Crippen LogP contribution < -0.4 is 10.6 Å². The van der Waals surface area contributed by atoms with Crippen molar-refractivity contribution < 1.29 is 49.2 Å². The molecule has 0 aromatic carbocycles. The highest BCUT2D eigenvalue weighted by Gasteiger charge is 2.27. The molecule has 10 heterocycles. The lowest BCUT2D eigenvalue weighted by Crippen LogP contribution is -2.38. The summed E-state index contributed by atoms with van der Waals surface area (Å²) in [6.07, 6.45) is 8.45. The molecule has 0 radical (unpaired) electrons. The number of fused-ring (bicyclic) bond motifs is 16. The van der Waals surface area contributed by atoms with Gasteiger partial charge in [0.1, 0.15) is 12.1 Å². The summed E-state index contributed by atoms with van der Waals surface area (Å²) < 4.78 is 0. The molecular formula is C74H78N10O10. The van der Waals surface area contributed by atoms with E-state index in [1.165, 1.54) is 13.8 Å². The Morgan fingerprint density at radius 1 is 0.372 bits per heavy atom. The minimum Gasteiger partial charge on any atom is -0.481 e. The summed E-state index contributed by atoms with van der Waals surface area (Å²) in [4.78, 5) is 105. The van der Waals surface area contributed by atoms with Crippen LogP contribution in [0.25, 0.3) is 113 Å². The molecule has 16 bridgehead atoms. The van der Waals surface area contributed by atoms with Crippen LogP contribution in [0.4, 0.5) is 0 Å². The number of carbonyl (C=O) groups is 6. The average molecular weight is 1270 g/mol. The number of aryl methyl sites for hydroxylation is 4.